The Morgan fingerprint density at radius 3 is 2.43 bits per heavy atom. The standard InChI is InChI=1S/C30H24N6O6/c37-25-2-1-13-35(25)16-18-3-7-19(8-4-18)27(26-22-15-21(36(41)42)11-12-23(22)32-29(26)39)31-20-9-5-17(6-10-20)14-24-28(38)34-30(40)33-24/h3-12,14-15,32,39H,1-2,13,16H2,(H2,33,34,38,40). The molecule has 2 fully saturated rings. The lowest BCUT2D eigenvalue weighted by Crippen LogP contribution is -2.23. The van der Waals surface area contributed by atoms with E-state index in [1.807, 2.05) is 29.2 Å². The summed E-state index contributed by atoms with van der Waals surface area (Å²) in [6, 6.07) is 18.0. The summed E-state index contributed by atoms with van der Waals surface area (Å²) in [5, 5.41) is 27.5. The number of nitro benzene ring substituents is 1. The largest absolute Gasteiger partial charge is 0.494 e. The van der Waals surface area contributed by atoms with Crippen LogP contribution in [0.25, 0.3) is 17.0 Å². The first-order valence-electron chi connectivity index (χ1n) is 13.1. The summed E-state index contributed by atoms with van der Waals surface area (Å²) in [7, 11) is 0. The zero-order valence-corrected chi connectivity index (χ0v) is 22.1. The highest BCUT2D eigenvalue weighted by Gasteiger charge is 2.24. The van der Waals surface area contributed by atoms with Gasteiger partial charge in [0.15, 0.2) is 5.88 Å². The number of hydrogen-bond donors (Lipinski definition) is 4. The van der Waals surface area contributed by atoms with Gasteiger partial charge in [-0.3, -0.25) is 25.0 Å². The van der Waals surface area contributed by atoms with Crippen LogP contribution in [0.5, 0.6) is 5.88 Å². The van der Waals surface area contributed by atoms with Gasteiger partial charge in [0.2, 0.25) is 5.91 Å². The Labute approximate surface area is 238 Å². The molecule has 3 aromatic carbocycles. The molecule has 3 heterocycles. The third-order valence-corrected chi connectivity index (χ3v) is 7.15. The lowest BCUT2D eigenvalue weighted by atomic mass is 9.99. The van der Waals surface area contributed by atoms with E-state index in [9.17, 15) is 29.6 Å². The molecule has 12 heteroatoms. The van der Waals surface area contributed by atoms with Crippen molar-refractivity contribution in [3.63, 3.8) is 0 Å². The predicted octanol–water partition coefficient (Wildman–Crippen LogP) is 4.25. The number of urea groups is 1. The van der Waals surface area contributed by atoms with Gasteiger partial charge in [-0.15, -0.1) is 0 Å². The number of carbonyl (C=O) groups excluding carboxylic acids is 3. The van der Waals surface area contributed by atoms with Crippen LogP contribution in [0.4, 0.5) is 16.2 Å². The zero-order chi connectivity index (χ0) is 29.4. The Morgan fingerprint density at radius 1 is 1.02 bits per heavy atom. The highest BCUT2D eigenvalue weighted by molar-refractivity contribution is 6.22. The van der Waals surface area contributed by atoms with Crippen molar-refractivity contribution in [2.75, 3.05) is 6.54 Å². The number of nitrogens with one attached hydrogen (secondary N) is 3. The highest BCUT2D eigenvalue weighted by atomic mass is 16.6. The second kappa shape index (κ2) is 10.7. The molecular weight excluding hydrogens is 540 g/mol. The number of amides is 4. The van der Waals surface area contributed by atoms with E-state index >= 15 is 0 Å². The lowest BCUT2D eigenvalue weighted by molar-refractivity contribution is -0.384. The van der Waals surface area contributed by atoms with Gasteiger partial charge in [-0.1, -0.05) is 36.4 Å². The summed E-state index contributed by atoms with van der Waals surface area (Å²) in [6.07, 6.45) is 2.93. The monoisotopic (exact) mass is 564 g/mol. The molecule has 0 saturated carbocycles. The van der Waals surface area contributed by atoms with Gasteiger partial charge in [0.1, 0.15) is 5.70 Å². The van der Waals surface area contributed by atoms with E-state index in [0.29, 0.717) is 52.0 Å². The van der Waals surface area contributed by atoms with Crippen LogP contribution in [0, 0.1) is 10.1 Å². The molecule has 4 N–H and O–H groups in total. The fourth-order valence-corrected chi connectivity index (χ4v) is 5.07. The van der Waals surface area contributed by atoms with Gasteiger partial charge in [0, 0.05) is 48.1 Å². The van der Waals surface area contributed by atoms with E-state index in [4.69, 9.17) is 4.99 Å². The summed E-state index contributed by atoms with van der Waals surface area (Å²) in [5.41, 5.74) is 3.91. The molecule has 0 spiro atoms. The molecular formula is C30H24N6O6. The molecule has 12 nitrogen and oxygen atoms in total. The van der Waals surface area contributed by atoms with Crippen LogP contribution < -0.4 is 10.6 Å². The predicted molar refractivity (Wildman–Crippen MR) is 154 cm³/mol. The number of rotatable bonds is 7. The van der Waals surface area contributed by atoms with Crippen molar-refractivity contribution in [1.29, 1.82) is 0 Å². The molecule has 6 rings (SSSR count). The van der Waals surface area contributed by atoms with Crippen LogP contribution in [-0.4, -0.2) is 50.0 Å². The Hall–Kier alpha value is -5.78. The van der Waals surface area contributed by atoms with E-state index < -0.39 is 16.9 Å². The van der Waals surface area contributed by atoms with Crippen molar-refractivity contribution in [1.82, 2.24) is 20.5 Å². The number of H-pyrrole nitrogens is 1. The van der Waals surface area contributed by atoms with Gasteiger partial charge < -0.3 is 20.3 Å². The molecule has 0 bridgehead atoms. The SMILES string of the molecule is O=C1NC(=O)C(=Cc2ccc(N=C(c3ccc(CN4CCCC4=O)cc3)c3c(O)[nH]c4ccc([N+](=O)[O-])cc34)cc2)N1. The number of aromatic amines is 1. The summed E-state index contributed by atoms with van der Waals surface area (Å²) in [4.78, 5) is 55.9. The lowest BCUT2D eigenvalue weighted by Gasteiger charge is -2.16. The summed E-state index contributed by atoms with van der Waals surface area (Å²) < 4.78 is 0. The van der Waals surface area contributed by atoms with Crippen molar-refractivity contribution in [2.24, 2.45) is 4.99 Å². The Bertz CT molecular complexity index is 1820. The van der Waals surface area contributed by atoms with Gasteiger partial charge in [0.05, 0.1) is 21.9 Å². The van der Waals surface area contributed by atoms with E-state index in [1.54, 1.807) is 24.3 Å². The number of fused-ring (bicyclic) bond motifs is 1. The Morgan fingerprint density at radius 2 is 1.79 bits per heavy atom. The molecule has 210 valence electrons. The molecule has 1 aromatic heterocycles. The normalized spacial score (nSPS) is 16.4. The smallest absolute Gasteiger partial charge is 0.326 e. The van der Waals surface area contributed by atoms with Gasteiger partial charge in [-0.2, -0.15) is 0 Å². The number of benzene rings is 3. The zero-order valence-electron chi connectivity index (χ0n) is 22.1. The molecule has 0 aliphatic carbocycles. The van der Waals surface area contributed by atoms with Crippen LogP contribution in [0.3, 0.4) is 0 Å². The summed E-state index contributed by atoms with van der Waals surface area (Å²) >= 11 is 0. The number of carbonyl (C=O) groups is 3. The number of imide groups is 1. The fourth-order valence-electron chi connectivity index (χ4n) is 5.07. The number of aliphatic imine (C=N–C) groups is 1. The van der Waals surface area contributed by atoms with Gasteiger partial charge in [-0.25, -0.2) is 9.79 Å². The first kappa shape index (κ1) is 26.4. The number of hydrogen-bond acceptors (Lipinski definition) is 7. The van der Waals surface area contributed by atoms with Crippen LogP contribution in [-0.2, 0) is 16.1 Å². The quantitative estimate of drug-likeness (QED) is 0.0859. The van der Waals surface area contributed by atoms with Crippen molar-refractivity contribution in [3.05, 3.63) is 105 Å². The van der Waals surface area contributed by atoms with Crippen LogP contribution >= 0.6 is 0 Å². The van der Waals surface area contributed by atoms with Crippen LogP contribution in [0.15, 0.2) is 77.4 Å². The minimum Gasteiger partial charge on any atom is -0.494 e. The summed E-state index contributed by atoms with van der Waals surface area (Å²) in [5.74, 6) is -0.590. The second-order valence-electron chi connectivity index (χ2n) is 9.97. The fraction of sp³-hybridized carbons (Fsp3) is 0.133. The maximum absolute atomic E-state index is 12.1. The minimum absolute atomic E-state index is 0.123. The van der Waals surface area contributed by atoms with E-state index in [1.165, 1.54) is 24.3 Å². The van der Waals surface area contributed by atoms with Crippen molar-refractivity contribution < 1.29 is 24.4 Å². The van der Waals surface area contributed by atoms with E-state index in [0.717, 1.165) is 18.5 Å². The van der Waals surface area contributed by atoms with E-state index in [-0.39, 0.29) is 23.2 Å². The highest BCUT2D eigenvalue weighted by Crippen LogP contribution is 2.34. The molecule has 4 amide bonds. The molecule has 4 aromatic rings. The van der Waals surface area contributed by atoms with Crippen molar-refractivity contribution >= 4 is 51.9 Å². The number of likely N-dealkylation sites (tertiary alicyclic amines) is 1. The first-order chi connectivity index (χ1) is 20.2. The van der Waals surface area contributed by atoms with E-state index in [2.05, 4.69) is 15.6 Å². The van der Waals surface area contributed by atoms with Crippen molar-refractivity contribution in [2.45, 2.75) is 19.4 Å². The van der Waals surface area contributed by atoms with Crippen molar-refractivity contribution in [3.8, 4) is 5.88 Å². The first-order valence-corrected chi connectivity index (χ1v) is 13.1. The average molecular weight is 565 g/mol. The maximum atomic E-state index is 12.1. The molecule has 0 radical (unpaired) electrons. The number of aromatic hydroxyl groups is 1. The third kappa shape index (κ3) is 5.20. The number of nitrogens with zero attached hydrogens (tertiary/aromatic N) is 3. The summed E-state index contributed by atoms with van der Waals surface area (Å²) in [6.45, 7) is 1.21. The van der Waals surface area contributed by atoms with Gasteiger partial charge in [0.25, 0.3) is 11.6 Å². The molecule has 0 atom stereocenters. The Kier molecular flexibility index (Phi) is 6.71. The molecule has 2 aliphatic rings. The van der Waals surface area contributed by atoms with Crippen LogP contribution in [0.2, 0.25) is 0 Å². The Balaban J connectivity index is 1.41. The van der Waals surface area contributed by atoms with Gasteiger partial charge >= 0.3 is 6.03 Å². The minimum atomic E-state index is -0.589. The molecule has 0 unspecified atom stereocenters. The number of non-ortho nitro benzene ring substituents is 1. The maximum Gasteiger partial charge on any atom is 0.326 e. The molecule has 2 aliphatic heterocycles. The van der Waals surface area contributed by atoms with Crippen LogP contribution in [0.1, 0.15) is 35.1 Å². The molecule has 42 heavy (non-hydrogen) atoms. The average Bonchev–Trinajstić information content (AvgIpc) is 3.63. The topological polar surface area (TPSA) is 170 Å². The van der Waals surface area contributed by atoms with Gasteiger partial charge in [-0.05, 0) is 41.8 Å². The number of nitro groups is 1. The third-order valence-electron chi connectivity index (χ3n) is 7.15. The number of aromatic nitrogens is 1. The molecule has 2 saturated heterocycles. The second-order valence-corrected chi connectivity index (χ2v) is 9.97.